The molecule has 0 aromatic carbocycles. The molecule has 0 saturated carbocycles. The second kappa shape index (κ2) is 6.23. The zero-order valence-electron chi connectivity index (χ0n) is 9.24. The van der Waals surface area contributed by atoms with Crippen LogP contribution < -0.4 is 0 Å². The number of likely N-dealkylation sites (tertiary alicyclic amines) is 1. The lowest BCUT2D eigenvalue weighted by Gasteiger charge is -2.26. The molecule has 1 saturated heterocycles. The maximum Gasteiger partial charge on any atom is 0.222 e. The molecule has 0 atom stereocenters. The summed E-state index contributed by atoms with van der Waals surface area (Å²) in [4.78, 5) is 13.5. The van der Waals surface area contributed by atoms with Crippen LogP contribution in [0, 0.1) is 0 Å². The molecule has 82 valence electrons. The number of amides is 1. The van der Waals surface area contributed by atoms with Crippen LogP contribution in [0.25, 0.3) is 0 Å². The van der Waals surface area contributed by atoms with Crippen LogP contribution in [0.1, 0.15) is 25.7 Å². The Morgan fingerprint density at radius 3 is 2.80 bits per heavy atom. The van der Waals surface area contributed by atoms with E-state index >= 15 is 0 Å². The van der Waals surface area contributed by atoms with Gasteiger partial charge < -0.3 is 4.90 Å². The van der Waals surface area contributed by atoms with Crippen LogP contribution in [0.15, 0.2) is 37.0 Å². The van der Waals surface area contributed by atoms with Crippen molar-refractivity contribution in [2.24, 2.45) is 0 Å². The van der Waals surface area contributed by atoms with E-state index in [2.05, 4.69) is 13.2 Å². The molecule has 1 amide bonds. The number of allylic oxidation sites excluding steroid dienone is 3. The zero-order chi connectivity index (χ0) is 11.1. The third-order valence-corrected chi connectivity index (χ3v) is 2.69. The monoisotopic (exact) mass is 205 g/mol. The normalized spacial score (nSPS) is 17.7. The van der Waals surface area contributed by atoms with Gasteiger partial charge in [-0.3, -0.25) is 4.79 Å². The van der Waals surface area contributed by atoms with Crippen LogP contribution in [-0.2, 0) is 4.79 Å². The first-order valence-electron chi connectivity index (χ1n) is 5.49. The van der Waals surface area contributed by atoms with E-state index in [4.69, 9.17) is 0 Å². The fraction of sp³-hybridized carbons (Fsp3) is 0.462. The van der Waals surface area contributed by atoms with Gasteiger partial charge in [-0.15, -0.1) is 0 Å². The average molecular weight is 205 g/mol. The van der Waals surface area contributed by atoms with Crippen molar-refractivity contribution in [2.45, 2.75) is 25.7 Å². The summed E-state index contributed by atoms with van der Waals surface area (Å²) in [6.07, 6.45) is 9.31. The number of rotatable bonds is 5. The number of carbonyl (C=O) groups is 1. The molecule has 1 fully saturated rings. The maximum atomic E-state index is 11.5. The van der Waals surface area contributed by atoms with Gasteiger partial charge in [0.2, 0.25) is 5.91 Å². The van der Waals surface area contributed by atoms with Gasteiger partial charge in [0.15, 0.2) is 0 Å². The Kier molecular flexibility index (Phi) is 4.88. The summed E-state index contributed by atoms with van der Waals surface area (Å²) in [5, 5.41) is 0. The molecule has 0 spiro atoms. The van der Waals surface area contributed by atoms with E-state index < -0.39 is 0 Å². The predicted molar refractivity (Wildman–Crippen MR) is 63.5 cm³/mol. The molecule has 0 aromatic rings. The van der Waals surface area contributed by atoms with Gasteiger partial charge in [0.05, 0.1) is 0 Å². The Morgan fingerprint density at radius 1 is 1.40 bits per heavy atom. The van der Waals surface area contributed by atoms with E-state index in [0.717, 1.165) is 37.9 Å². The van der Waals surface area contributed by atoms with Gasteiger partial charge in [-0.05, 0) is 24.8 Å². The minimum absolute atomic E-state index is 0.295. The number of carbonyl (C=O) groups excluding carboxylic acids is 1. The van der Waals surface area contributed by atoms with Crippen molar-refractivity contribution in [2.75, 3.05) is 13.1 Å². The lowest BCUT2D eigenvalue weighted by Crippen LogP contribution is -2.36. The van der Waals surface area contributed by atoms with Crippen molar-refractivity contribution >= 4 is 5.91 Å². The smallest absolute Gasteiger partial charge is 0.222 e. The highest BCUT2D eigenvalue weighted by molar-refractivity contribution is 5.76. The molecular formula is C13H19NO. The van der Waals surface area contributed by atoms with E-state index in [1.54, 1.807) is 6.08 Å². The molecule has 0 N–H and O–H groups in total. The molecule has 1 heterocycles. The summed E-state index contributed by atoms with van der Waals surface area (Å²) >= 11 is 0. The van der Waals surface area contributed by atoms with E-state index in [1.807, 2.05) is 17.1 Å². The standard InChI is InChI=1S/C13H19NO/c1-3-7-12(4-2)9-11-14-10-6-5-8-13(14)15/h3-4,7H,1-2,5-6,8-11H2/b12-7+. The maximum absolute atomic E-state index is 11.5. The molecule has 2 heteroatoms. The first kappa shape index (κ1) is 11.8. The fourth-order valence-corrected chi connectivity index (χ4v) is 1.77. The molecule has 1 aliphatic rings. The van der Waals surface area contributed by atoms with E-state index in [9.17, 15) is 4.79 Å². The highest BCUT2D eigenvalue weighted by Gasteiger charge is 2.16. The number of hydrogen-bond donors (Lipinski definition) is 0. The van der Waals surface area contributed by atoms with Crippen molar-refractivity contribution in [1.82, 2.24) is 4.90 Å². The van der Waals surface area contributed by atoms with Gasteiger partial charge in [-0.1, -0.05) is 31.4 Å². The molecule has 0 aliphatic carbocycles. The number of piperidine rings is 1. The van der Waals surface area contributed by atoms with Crippen LogP contribution in [-0.4, -0.2) is 23.9 Å². The summed E-state index contributed by atoms with van der Waals surface area (Å²) < 4.78 is 0. The molecular weight excluding hydrogens is 186 g/mol. The van der Waals surface area contributed by atoms with Crippen LogP contribution in [0.2, 0.25) is 0 Å². The van der Waals surface area contributed by atoms with Crippen molar-refractivity contribution in [3.63, 3.8) is 0 Å². The van der Waals surface area contributed by atoms with E-state index in [-0.39, 0.29) is 0 Å². The van der Waals surface area contributed by atoms with Gasteiger partial charge in [0.1, 0.15) is 0 Å². The second-order valence-electron chi connectivity index (χ2n) is 3.77. The third kappa shape index (κ3) is 3.74. The molecule has 1 aliphatic heterocycles. The lowest BCUT2D eigenvalue weighted by molar-refractivity contribution is -0.133. The van der Waals surface area contributed by atoms with Gasteiger partial charge in [-0.2, -0.15) is 0 Å². The Labute approximate surface area is 92.0 Å². The number of nitrogens with zero attached hydrogens (tertiary/aromatic N) is 1. The van der Waals surface area contributed by atoms with Crippen LogP contribution in [0.3, 0.4) is 0 Å². The molecule has 2 nitrogen and oxygen atoms in total. The molecule has 15 heavy (non-hydrogen) atoms. The first-order chi connectivity index (χ1) is 7.27. The van der Waals surface area contributed by atoms with Gasteiger partial charge in [-0.25, -0.2) is 0 Å². The van der Waals surface area contributed by atoms with Gasteiger partial charge >= 0.3 is 0 Å². The van der Waals surface area contributed by atoms with Crippen molar-refractivity contribution in [1.29, 1.82) is 0 Å². The van der Waals surface area contributed by atoms with Crippen molar-refractivity contribution in [3.8, 4) is 0 Å². The topological polar surface area (TPSA) is 20.3 Å². The van der Waals surface area contributed by atoms with Gasteiger partial charge in [0.25, 0.3) is 0 Å². The largest absolute Gasteiger partial charge is 0.342 e. The number of hydrogen-bond acceptors (Lipinski definition) is 1. The minimum Gasteiger partial charge on any atom is -0.342 e. The zero-order valence-corrected chi connectivity index (χ0v) is 9.24. The minimum atomic E-state index is 0.295. The summed E-state index contributed by atoms with van der Waals surface area (Å²) in [6.45, 7) is 9.12. The highest BCUT2D eigenvalue weighted by Crippen LogP contribution is 2.13. The Morgan fingerprint density at radius 2 is 2.20 bits per heavy atom. The predicted octanol–water partition coefficient (Wildman–Crippen LogP) is 2.69. The summed E-state index contributed by atoms with van der Waals surface area (Å²) in [5.41, 5.74) is 1.14. The summed E-state index contributed by atoms with van der Waals surface area (Å²) in [6, 6.07) is 0. The molecule has 0 unspecified atom stereocenters. The van der Waals surface area contributed by atoms with E-state index in [1.165, 1.54) is 0 Å². The third-order valence-electron chi connectivity index (χ3n) is 2.69. The Balaban J connectivity index is 2.40. The summed E-state index contributed by atoms with van der Waals surface area (Å²) in [7, 11) is 0. The SMILES string of the molecule is C=C/C=C(\C=C)CCN1CCCCC1=O. The van der Waals surface area contributed by atoms with Crippen LogP contribution >= 0.6 is 0 Å². The Bertz CT molecular complexity index is 278. The second-order valence-corrected chi connectivity index (χ2v) is 3.77. The highest BCUT2D eigenvalue weighted by atomic mass is 16.2. The van der Waals surface area contributed by atoms with Crippen LogP contribution in [0.4, 0.5) is 0 Å². The first-order valence-corrected chi connectivity index (χ1v) is 5.49. The van der Waals surface area contributed by atoms with E-state index in [0.29, 0.717) is 12.3 Å². The molecule has 1 rings (SSSR count). The lowest BCUT2D eigenvalue weighted by atomic mass is 10.1. The molecule has 0 aromatic heterocycles. The van der Waals surface area contributed by atoms with Crippen molar-refractivity contribution in [3.05, 3.63) is 37.0 Å². The Hall–Kier alpha value is -1.31. The summed E-state index contributed by atoms with van der Waals surface area (Å²) in [5.74, 6) is 0.295. The van der Waals surface area contributed by atoms with Crippen LogP contribution in [0.5, 0.6) is 0 Å². The van der Waals surface area contributed by atoms with Gasteiger partial charge in [0, 0.05) is 19.5 Å². The fourth-order valence-electron chi connectivity index (χ4n) is 1.77. The quantitative estimate of drug-likeness (QED) is 0.632. The molecule has 0 bridgehead atoms. The average Bonchev–Trinajstić information content (AvgIpc) is 2.26. The molecule has 0 radical (unpaired) electrons. The van der Waals surface area contributed by atoms with Crippen molar-refractivity contribution < 1.29 is 4.79 Å².